The summed E-state index contributed by atoms with van der Waals surface area (Å²) in [6.45, 7) is 6.10. The van der Waals surface area contributed by atoms with Gasteiger partial charge in [-0.1, -0.05) is 6.92 Å². The van der Waals surface area contributed by atoms with Gasteiger partial charge in [0.25, 0.3) is 0 Å². The number of halogens is 1. The molecule has 1 amide bonds. The standard InChI is InChI=1S/C15H20BrN3OS/c1-3-17-14-10-6-11(16)13(7-12(10)18-15(14)20)19-4-5-21-8-9(19)2/h6-7,9,14,17H,3-5,8H2,1-2H3,(H,18,20). The van der Waals surface area contributed by atoms with Crippen LogP contribution in [0.1, 0.15) is 25.5 Å². The number of fused-ring (bicyclic) bond motifs is 1. The lowest BCUT2D eigenvalue weighted by molar-refractivity contribution is -0.117. The van der Waals surface area contributed by atoms with Crippen molar-refractivity contribution in [3.05, 3.63) is 22.2 Å². The maximum atomic E-state index is 12.1. The Morgan fingerprint density at radius 2 is 2.33 bits per heavy atom. The summed E-state index contributed by atoms with van der Waals surface area (Å²) in [6, 6.07) is 4.48. The highest BCUT2D eigenvalue weighted by Crippen LogP contribution is 2.40. The lowest BCUT2D eigenvalue weighted by Crippen LogP contribution is -2.40. The first kappa shape index (κ1) is 15.2. The van der Waals surface area contributed by atoms with E-state index in [0.29, 0.717) is 6.04 Å². The summed E-state index contributed by atoms with van der Waals surface area (Å²) < 4.78 is 1.07. The van der Waals surface area contributed by atoms with Gasteiger partial charge in [0.2, 0.25) is 5.91 Å². The van der Waals surface area contributed by atoms with Crippen molar-refractivity contribution in [3.63, 3.8) is 0 Å². The van der Waals surface area contributed by atoms with Crippen LogP contribution in [0.2, 0.25) is 0 Å². The average Bonchev–Trinajstić information content (AvgIpc) is 2.75. The van der Waals surface area contributed by atoms with Crippen LogP contribution in [0, 0.1) is 0 Å². The molecule has 1 fully saturated rings. The molecule has 114 valence electrons. The van der Waals surface area contributed by atoms with Crippen LogP contribution in [0.15, 0.2) is 16.6 Å². The number of benzene rings is 1. The molecule has 4 nitrogen and oxygen atoms in total. The van der Waals surface area contributed by atoms with Crippen molar-refractivity contribution in [2.24, 2.45) is 0 Å². The Morgan fingerprint density at radius 3 is 3.05 bits per heavy atom. The van der Waals surface area contributed by atoms with Crippen LogP contribution in [-0.4, -0.2) is 36.5 Å². The molecule has 2 aliphatic heterocycles. The minimum Gasteiger partial charge on any atom is -0.366 e. The molecule has 1 saturated heterocycles. The van der Waals surface area contributed by atoms with Crippen LogP contribution >= 0.6 is 27.7 Å². The lowest BCUT2D eigenvalue weighted by Gasteiger charge is -2.36. The molecule has 2 heterocycles. The zero-order valence-corrected chi connectivity index (χ0v) is 14.7. The van der Waals surface area contributed by atoms with Gasteiger partial charge in [-0.2, -0.15) is 11.8 Å². The number of anilines is 2. The van der Waals surface area contributed by atoms with E-state index in [0.717, 1.165) is 40.3 Å². The van der Waals surface area contributed by atoms with Gasteiger partial charge in [-0.15, -0.1) is 0 Å². The summed E-state index contributed by atoms with van der Waals surface area (Å²) in [4.78, 5) is 14.5. The molecule has 2 unspecified atom stereocenters. The van der Waals surface area contributed by atoms with Gasteiger partial charge in [0, 0.05) is 39.8 Å². The Labute approximate surface area is 138 Å². The average molecular weight is 370 g/mol. The van der Waals surface area contributed by atoms with Crippen molar-refractivity contribution >= 4 is 45.0 Å². The van der Waals surface area contributed by atoms with Crippen LogP contribution < -0.4 is 15.5 Å². The fraction of sp³-hybridized carbons (Fsp3) is 0.533. The number of nitrogens with one attached hydrogen (secondary N) is 2. The molecule has 21 heavy (non-hydrogen) atoms. The molecule has 3 rings (SSSR count). The van der Waals surface area contributed by atoms with Gasteiger partial charge in [-0.05, 0) is 41.5 Å². The Kier molecular flexibility index (Phi) is 4.47. The molecule has 2 aliphatic rings. The van der Waals surface area contributed by atoms with E-state index in [1.807, 2.05) is 18.7 Å². The van der Waals surface area contributed by atoms with Crippen molar-refractivity contribution in [2.45, 2.75) is 25.9 Å². The number of hydrogen-bond acceptors (Lipinski definition) is 4. The quantitative estimate of drug-likeness (QED) is 0.859. The second-order valence-corrected chi connectivity index (χ2v) is 7.49. The van der Waals surface area contributed by atoms with E-state index in [1.54, 1.807) is 0 Å². The Bertz CT molecular complexity index is 566. The van der Waals surface area contributed by atoms with E-state index < -0.39 is 0 Å². The van der Waals surface area contributed by atoms with Crippen LogP contribution in [0.5, 0.6) is 0 Å². The minimum atomic E-state index is -0.232. The number of rotatable bonds is 3. The van der Waals surface area contributed by atoms with Gasteiger partial charge in [0.05, 0.1) is 5.69 Å². The summed E-state index contributed by atoms with van der Waals surface area (Å²) >= 11 is 5.70. The molecular formula is C15H20BrN3OS. The molecule has 0 saturated carbocycles. The van der Waals surface area contributed by atoms with E-state index in [1.165, 1.54) is 5.69 Å². The van der Waals surface area contributed by atoms with Crippen molar-refractivity contribution < 1.29 is 4.79 Å². The predicted molar refractivity (Wildman–Crippen MR) is 93.3 cm³/mol. The van der Waals surface area contributed by atoms with Gasteiger partial charge < -0.3 is 15.5 Å². The summed E-state index contributed by atoms with van der Waals surface area (Å²) in [5, 5.41) is 6.24. The van der Waals surface area contributed by atoms with Crippen molar-refractivity contribution in [3.8, 4) is 0 Å². The maximum absolute atomic E-state index is 12.1. The first-order valence-corrected chi connectivity index (χ1v) is 9.28. The van der Waals surface area contributed by atoms with Gasteiger partial charge in [0.15, 0.2) is 0 Å². The molecule has 0 bridgehead atoms. The van der Waals surface area contributed by atoms with Crippen LogP contribution in [0.25, 0.3) is 0 Å². The summed E-state index contributed by atoms with van der Waals surface area (Å²) in [7, 11) is 0. The van der Waals surface area contributed by atoms with Crippen molar-refractivity contribution in [1.82, 2.24) is 5.32 Å². The largest absolute Gasteiger partial charge is 0.366 e. The number of likely N-dealkylation sites (N-methyl/N-ethyl adjacent to an activating group) is 1. The van der Waals surface area contributed by atoms with Gasteiger partial charge >= 0.3 is 0 Å². The minimum absolute atomic E-state index is 0.0400. The zero-order chi connectivity index (χ0) is 15.0. The smallest absolute Gasteiger partial charge is 0.246 e. The molecule has 1 aromatic rings. The van der Waals surface area contributed by atoms with Gasteiger partial charge in [-0.25, -0.2) is 0 Å². The maximum Gasteiger partial charge on any atom is 0.246 e. The van der Waals surface area contributed by atoms with Crippen LogP contribution in [0.4, 0.5) is 11.4 Å². The fourth-order valence-electron chi connectivity index (χ4n) is 2.98. The number of thioether (sulfide) groups is 1. The zero-order valence-electron chi connectivity index (χ0n) is 12.3. The highest BCUT2D eigenvalue weighted by molar-refractivity contribution is 9.10. The summed E-state index contributed by atoms with van der Waals surface area (Å²) in [6.07, 6.45) is 0. The Hall–Kier alpha value is -0.720. The monoisotopic (exact) mass is 369 g/mol. The molecular weight excluding hydrogens is 350 g/mol. The van der Waals surface area contributed by atoms with Gasteiger partial charge in [0.1, 0.15) is 6.04 Å². The Balaban J connectivity index is 1.95. The second-order valence-electron chi connectivity index (χ2n) is 5.49. The van der Waals surface area contributed by atoms with Crippen LogP contribution in [-0.2, 0) is 4.79 Å². The highest BCUT2D eigenvalue weighted by Gasteiger charge is 2.32. The molecule has 0 radical (unpaired) electrons. The lowest BCUT2D eigenvalue weighted by atomic mass is 10.1. The number of hydrogen-bond donors (Lipinski definition) is 2. The van der Waals surface area contributed by atoms with E-state index in [-0.39, 0.29) is 11.9 Å². The third kappa shape index (κ3) is 2.81. The second kappa shape index (κ2) is 6.18. The molecule has 1 aromatic carbocycles. The van der Waals surface area contributed by atoms with Crippen LogP contribution in [0.3, 0.4) is 0 Å². The topological polar surface area (TPSA) is 44.4 Å². The third-order valence-corrected chi connectivity index (χ3v) is 5.86. The Morgan fingerprint density at radius 1 is 1.52 bits per heavy atom. The molecule has 2 atom stereocenters. The number of amides is 1. The first-order chi connectivity index (χ1) is 10.1. The normalized spacial score (nSPS) is 24.9. The molecule has 2 N–H and O–H groups in total. The highest BCUT2D eigenvalue weighted by atomic mass is 79.9. The van der Waals surface area contributed by atoms with E-state index >= 15 is 0 Å². The van der Waals surface area contributed by atoms with E-state index in [9.17, 15) is 4.79 Å². The molecule has 0 aliphatic carbocycles. The van der Waals surface area contributed by atoms with E-state index in [2.05, 4.69) is 50.5 Å². The molecule has 6 heteroatoms. The van der Waals surface area contributed by atoms with Crippen molar-refractivity contribution in [2.75, 3.05) is 34.8 Å². The predicted octanol–water partition coefficient (Wildman–Crippen LogP) is 2.99. The number of carbonyl (C=O) groups is 1. The fourth-order valence-corrected chi connectivity index (χ4v) is 4.58. The summed E-state index contributed by atoms with van der Waals surface area (Å²) in [5.41, 5.74) is 3.16. The summed E-state index contributed by atoms with van der Waals surface area (Å²) in [5.74, 6) is 2.34. The molecule has 0 spiro atoms. The first-order valence-electron chi connectivity index (χ1n) is 7.34. The number of carbonyl (C=O) groups excluding carboxylic acids is 1. The van der Waals surface area contributed by atoms with Gasteiger partial charge in [-0.3, -0.25) is 4.79 Å². The van der Waals surface area contributed by atoms with E-state index in [4.69, 9.17) is 0 Å². The van der Waals surface area contributed by atoms with Crippen molar-refractivity contribution in [1.29, 1.82) is 0 Å². The number of nitrogens with zero attached hydrogens (tertiary/aromatic N) is 1. The third-order valence-electron chi connectivity index (χ3n) is 4.04. The molecule has 0 aromatic heterocycles. The SMILES string of the molecule is CCNC1C(=O)Nc2cc(N3CCSCC3C)c(Br)cc21.